The van der Waals surface area contributed by atoms with Crippen LogP contribution in [0.15, 0.2) is 35.2 Å². The summed E-state index contributed by atoms with van der Waals surface area (Å²) in [6, 6.07) is 3.48. The minimum absolute atomic E-state index is 0.00706. The van der Waals surface area contributed by atoms with Crippen LogP contribution in [0.3, 0.4) is 0 Å². The molecule has 1 unspecified atom stereocenters. The lowest BCUT2D eigenvalue weighted by molar-refractivity contribution is 0.248. The highest BCUT2D eigenvalue weighted by molar-refractivity contribution is 5.89. The van der Waals surface area contributed by atoms with Crippen molar-refractivity contribution in [2.75, 3.05) is 5.32 Å². The molecule has 0 fully saturated rings. The smallest absolute Gasteiger partial charge is 0.319 e. The maximum Gasteiger partial charge on any atom is 0.319 e. The van der Waals surface area contributed by atoms with Crippen molar-refractivity contribution in [3.05, 3.63) is 36.5 Å². The first-order chi connectivity index (χ1) is 9.17. The monoisotopic (exact) mass is 262 g/mol. The van der Waals surface area contributed by atoms with Crippen LogP contribution < -0.4 is 10.6 Å². The zero-order valence-corrected chi connectivity index (χ0v) is 11.1. The van der Waals surface area contributed by atoms with E-state index in [0.717, 1.165) is 12.3 Å². The average molecular weight is 262 g/mol. The predicted octanol–water partition coefficient (Wildman–Crippen LogP) is 2.25. The van der Waals surface area contributed by atoms with Crippen molar-refractivity contribution in [1.29, 1.82) is 0 Å². The molecule has 2 N–H and O–H groups in total. The predicted molar refractivity (Wildman–Crippen MR) is 71.9 cm³/mol. The lowest BCUT2D eigenvalue weighted by Crippen LogP contribution is -2.37. The minimum atomic E-state index is -0.241. The Bertz CT molecular complexity index is 518. The van der Waals surface area contributed by atoms with Gasteiger partial charge in [0.2, 0.25) is 0 Å². The number of rotatable bonds is 5. The van der Waals surface area contributed by atoms with Gasteiger partial charge in [0.25, 0.3) is 0 Å². The Morgan fingerprint density at radius 1 is 1.58 bits per heavy atom. The number of aromatic nitrogens is 2. The molecule has 2 heterocycles. The third-order valence-corrected chi connectivity index (χ3v) is 2.68. The molecule has 0 aliphatic carbocycles. The van der Waals surface area contributed by atoms with Crippen molar-refractivity contribution < 1.29 is 9.21 Å². The molecule has 2 aromatic heterocycles. The largest absolute Gasteiger partial charge is 0.469 e. The minimum Gasteiger partial charge on any atom is -0.469 e. The number of carbonyl (C=O) groups excluding carboxylic acids is 1. The fourth-order valence-electron chi connectivity index (χ4n) is 1.77. The van der Waals surface area contributed by atoms with Crippen LogP contribution in [0.4, 0.5) is 10.5 Å². The summed E-state index contributed by atoms with van der Waals surface area (Å²) in [6.07, 6.45) is 5.70. The molecule has 2 amide bonds. The highest BCUT2D eigenvalue weighted by Crippen LogP contribution is 2.06. The van der Waals surface area contributed by atoms with Crippen molar-refractivity contribution in [1.82, 2.24) is 15.1 Å². The van der Waals surface area contributed by atoms with Crippen LogP contribution in [0.5, 0.6) is 0 Å². The number of furan rings is 1. The molecule has 2 aromatic rings. The SMILES string of the molecule is CCn1cc(NC(=O)NC(C)Cc2ccco2)cn1. The van der Waals surface area contributed by atoms with Crippen molar-refractivity contribution in [3.63, 3.8) is 0 Å². The number of hydrogen-bond donors (Lipinski definition) is 2. The molecule has 0 aliphatic heterocycles. The van der Waals surface area contributed by atoms with Gasteiger partial charge in [-0.05, 0) is 26.0 Å². The van der Waals surface area contributed by atoms with Crippen LogP contribution in [0, 0.1) is 0 Å². The number of carbonyl (C=O) groups is 1. The van der Waals surface area contributed by atoms with Crippen molar-refractivity contribution in [2.24, 2.45) is 0 Å². The van der Waals surface area contributed by atoms with Crippen molar-refractivity contribution >= 4 is 11.7 Å². The molecule has 0 spiro atoms. The molecule has 6 heteroatoms. The second kappa shape index (κ2) is 6.08. The molecule has 102 valence electrons. The van der Waals surface area contributed by atoms with E-state index in [-0.39, 0.29) is 12.1 Å². The number of nitrogens with one attached hydrogen (secondary N) is 2. The Kier molecular flexibility index (Phi) is 4.22. The highest BCUT2D eigenvalue weighted by atomic mass is 16.3. The van der Waals surface area contributed by atoms with E-state index in [2.05, 4.69) is 15.7 Å². The van der Waals surface area contributed by atoms with E-state index in [1.807, 2.05) is 26.0 Å². The molecule has 2 rings (SSSR count). The van der Waals surface area contributed by atoms with Crippen LogP contribution in [0.2, 0.25) is 0 Å². The number of anilines is 1. The lowest BCUT2D eigenvalue weighted by Gasteiger charge is -2.12. The molecule has 0 bridgehead atoms. The molecule has 19 heavy (non-hydrogen) atoms. The summed E-state index contributed by atoms with van der Waals surface area (Å²) < 4.78 is 6.99. The molecular formula is C13H18N4O2. The topological polar surface area (TPSA) is 72.1 Å². The molecule has 0 aliphatic rings. The molecule has 0 saturated heterocycles. The first-order valence-electron chi connectivity index (χ1n) is 6.29. The van der Waals surface area contributed by atoms with E-state index >= 15 is 0 Å². The number of urea groups is 1. The van der Waals surface area contributed by atoms with Gasteiger partial charge in [-0.3, -0.25) is 4.68 Å². The molecule has 0 radical (unpaired) electrons. The van der Waals surface area contributed by atoms with Gasteiger partial charge < -0.3 is 15.1 Å². The number of aryl methyl sites for hydroxylation is 1. The fourth-order valence-corrected chi connectivity index (χ4v) is 1.77. The van der Waals surface area contributed by atoms with Gasteiger partial charge >= 0.3 is 6.03 Å². The van der Waals surface area contributed by atoms with E-state index in [9.17, 15) is 4.79 Å². The Labute approximate surface area is 111 Å². The van der Waals surface area contributed by atoms with Crippen LogP contribution >= 0.6 is 0 Å². The van der Waals surface area contributed by atoms with E-state index in [1.165, 1.54) is 0 Å². The maximum absolute atomic E-state index is 11.8. The van der Waals surface area contributed by atoms with E-state index in [1.54, 1.807) is 23.3 Å². The first kappa shape index (κ1) is 13.2. The van der Waals surface area contributed by atoms with Crippen LogP contribution in [0.1, 0.15) is 19.6 Å². The Balaban J connectivity index is 1.80. The normalized spacial score (nSPS) is 12.1. The van der Waals surface area contributed by atoms with Crippen LogP contribution in [-0.2, 0) is 13.0 Å². The van der Waals surface area contributed by atoms with Gasteiger partial charge in [-0.1, -0.05) is 0 Å². The van der Waals surface area contributed by atoms with Gasteiger partial charge in [-0.2, -0.15) is 5.10 Å². The van der Waals surface area contributed by atoms with Gasteiger partial charge in [-0.25, -0.2) is 4.79 Å². The Morgan fingerprint density at radius 2 is 2.42 bits per heavy atom. The Hall–Kier alpha value is -2.24. The van der Waals surface area contributed by atoms with E-state index in [0.29, 0.717) is 12.1 Å². The number of nitrogens with zero attached hydrogens (tertiary/aromatic N) is 2. The van der Waals surface area contributed by atoms with Crippen molar-refractivity contribution in [2.45, 2.75) is 32.9 Å². The second-order valence-corrected chi connectivity index (χ2v) is 4.37. The summed E-state index contributed by atoms with van der Waals surface area (Å²) in [5.41, 5.74) is 0.685. The van der Waals surface area contributed by atoms with Gasteiger partial charge in [0.1, 0.15) is 5.76 Å². The molecule has 1 atom stereocenters. The van der Waals surface area contributed by atoms with Crippen LogP contribution in [0.25, 0.3) is 0 Å². The summed E-state index contributed by atoms with van der Waals surface area (Å²) in [6.45, 7) is 4.69. The summed E-state index contributed by atoms with van der Waals surface area (Å²) in [5, 5.41) is 9.68. The van der Waals surface area contributed by atoms with Gasteiger partial charge in [0.05, 0.1) is 18.1 Å². The number of hydrogen-bond acceptors (Lipinski definition) is 3. The van der Waals surface area contributed by atoms with Gasteiger partial charge in [0.15, 0.2) is 0 Å². The zero-order valence-electron chi connectivity index (χ0n) is 11.1. The zero-order chi connectivity index (χ0) is 13.7. The van der Waals surface area contributed by atoms with E-state index < -0.39 is 0 Å². The fraction of sp³-hybridized carbons (Fsp3) is 0.385. The third kappa shape index (κ3) is 3.87. The summed E-state index contributed by atoms with van der Waals surface area (Å²) in [5.74, 6) is 0.853. The lowest BCUT2D eigenvalue weighted by atomic mass is 10.2. The molecule has 6 nitrogen and oxygen atoms in total. The van der Waals surface area contributed by atoms with Gasteiger partial charge in [-0.15, -0.1) is 0 Å². The first-order valence-corrected chi connectivity index (χ1v) is 6.29. The Morgan fingerprint density at radius 3 is 3.05 bits per heavy atom. The third-order valence-electron chi connectivity index (χ3n) is 2.68. The summed E-state index contributed by atoms with van der Waals surface area (Å²) >= 11 is 0. The highest BCUT2D eigenvalue weighted by Gasteiger charge is 2.10. The quantitative estimate of drug-likeness (QED) is 0.868. The summed E-state index contributed by atoms with van der Waals surface area (Å²) in [7, 11) is 0. The molecule has 0 saturated carbocycles. The standard InChI is InChI=1S/C13H18N4O2/c1-3-17-9-11(8-14-17)16-13(18)15-10(2)7-12-5-4-6-19-12/h4-6,8-10H,3,7H2,1-2H3,(H2,15,16,18). The average Bonchev–Trinajstić information content (AvgIpc) is 3.00. The summed E-state index contributed by atoms with van der Waals surface area (Å²) in [4.78, 5) is 11.8. The molecule has 0 aromatic carbocycles. The number of amides is 2. The second-order valence-electron chi connectivity index (χ2n) is 4.37. The van der Waals surface area contributed by atoms with E-state index in [4.69, 9.17) is 4.42 Å². The molecular weight excluding hydrogens is 244 g/mol. The van der Waals surface area contributed by atoms with Gasteiger partial charge in [0, 0.05) is 25.2 Å². The van der Waals surface area contributed by atoms with Crippen LogP contribution in [-0.4, -0.2) is 21.9 Å². The van der Waals surface area contributed by atoms with Crippen molar-refractivity contribution in [3.8, 4) is 0 Å². The maximum atomic E-state index is 11.8.